The van der Waals surface area contributed by atoms with Crippen molar-refractivity contribution in [2.24, 2.45) is 0 Å². The predicted octanol–water partition coefficient (Wildman–Crippen LogP) is 4.75. The molecule has 0 radical (unpaired) electrons. The molecule has 4 heteroatoms. The Labute approximate surface area is 120 Å². The fourth-order valence-electron chi connectivity index (χ4n) is 1.90. The highest BCUT2D eigenvalue weighted by Crippen LogP contribution is 2.21. The third-order valence-electron chi connectivity index (χ3n) is 2.93. The lowest BCUT2D eigenvalue weighted by molar-refractivity contribution is 0.619. The van der Waals surface area contributed by atoms with Gasteiger partial charge < -0.3 is 4.90 Å². The van der Waals surface area contributed by atoms with E-state index in [0.717, 1.165) is 17.8 Å². The lowest BCUT2D eigenvalue weighted by Gasteiger charge is -2.23. The van der Waals surface area contributed by atoms with E-state index in [1.54, 1.807) is 24.3 Å². The van der Waals surface area contributed by atoms with Crippen LogP contribution in [0.5, 0.6) is 0 Å². The van der Waals surface area contributed by atoms with E-state index in [-0.39, 0.29) is 11.6 Å². The van der Waals surface area contributed by atoms with Gasteiger partial charge in [-0.1, -0.05) is 6.07 Å². The second-order valence-corrected chi connectivity index (χ2v) is 5.09. The van der Waals surface area contributed by atoms with Gasteiger partial charge >= 0.3 is 0 Å². The second kappa shape index (κ2) is 6.15. The summed E-state index contributed by atoms with van der Waals surface area (Å²) in [5.41, 5.74) is 1.95. The summed E-state index contributed by atoms with van der Waals surface area (Å²) >= 11 is 3.18. The number of hydrogen-bond donors (Lipinski definition) is 0. The number of anilines is 1. The highest BCUT2D eigenvalue weighted by atomic mass is 79.9. The molecule has 0 spiro atoms. The fourth-order valence-corrected chi connectivity index (χ4v) is 2.32. The average Bonchev–Trinajstić information content (AvgIpc) is 2.41. The number of benzene rings is 2. The van der Waals surface area contributed by atoms with Gasteiger partial charge in [-0.3, -0.25) is 0 Å². The zero-order valence-corrected chi connectivity index (χ0v) is 12.1. The van der Waals surface area contributed by atoms with Gasteiger partial charge in [0.15, 0.2) is 0 Å². The fraction of sp³-hybridized carbons (Fsp3) is 0.200. The van der Waals surface area contributed by atoms with Gasteiger partial charge in [0.2, 0.25) is 0 Å². The smallest absolute Gasteiger partial charge is 0.137 e. The summed E-state index contributed by atoms with van der Waals surface area (Å²) in [7, 11) is 0. The zero-order chi connectivity index (χ0) is 13.8. The summed E-state index contributed by atoms with van der Waals surface area (Å²) in [6, 6.07) is 11.3. The van der Waals surface area contributed by atoms with Gasteiger partial charge in [0.25, 0.3) is 0 Å². The van der Waals surface area contributed by atoms with Gasteiger partial charge in [-0.2, -0.15) is 0 Å². The molecule has 0 bridgehead atoms. The van der Waals surface area contributed by atoms with Crippen molar-refractivity contribution in [3.05, 3.63) is 64.1 Å². The number of halogens is 3. The largest absolute Gasteiger partial charge is 0.367 e. The summed E-state index contributed by atoms with van der Waals surface area (Å²) in [5, 5.41) is 0. The van der Waals surface area contributed by atoms with Crippen LogP contribution in [0.15, 0.2) is 46.9 Å². The maximum atomic E-state index is 13.2. The lowest BCUT2D eigenvalue weighted by Crippen LogP contribution is -2.21. The Morgan fingerprint density at radius 3 is 2.32 bits per heavy atom. The first-order valence-corrected chi connectivity index (χ1v) is 6.84. The van der Waals surface area contributed by atoms with Crippen LogP contribution in [-0.2, 0) is 6.54 Å². The third kappa shape index (κ3) is 3.53. The Hall–Kier alpha value is -1.42. The molecule has 0 fully saturated rings. The Bertz CT molecular complexity index is 555. The van der Waals surface area contributed by atoms with Gasteiger partial charge in [0.05, 0.1) is 4.47 Å². The summed E-state index contributed by atoms with van der Waals surface area (Å²) < 4.78 is 26.6. The molecule has 100 valence electrons. The van der Waals surface area contributed by atoms with Crippen LogP contribution in [0.25, 0.3) is 0 Å². The van der Waals surface area contributed by atoms with Crippen LogP contribution in [-0.4, -0.2) is 6.54 Å². The first-order chi connectivity index (χ1) is 9.10. The molecule has 19 heavy (non-hydrogen) atoms. The van der Waals surface area contributed by atoms with Crippen molar-refractivity contribution in [2.45, 2.75) is 13.5 Å². The molecule has 0 saturated carbocycles. The first kappa shape index (κ1) is 14.0. The molecule has 0 aliphatic rings. The number of hydrogen-bond acceptors (Lipinski definition) is 1. The van der Waals surface area contributed by atoms with Gasteiger partial charge in [0.1, 0.15) is 11.6 Å². The minimum atomic E-state index is -0.270. The Kier molecular flexibility index (Phi) is 4.53. The predicted molar refractivity (Wildman–Crippen MR) is 77.2 cm³/mol. The second-order valence-electron chi connectivity index (χ2n) is 4.24. The molecule has 0 aliphatic heterocycles. The summed E-state index contributed by atoms with van der Waals surface area (Å²) in [6.45, 7) is 3.48. The van der Waals surface area contributed by atoms with E-state index in [1.165, 1.54) is 18.2 Å². The molecule has 0 heterocycles. The quantitative estimate of drug-likeness (QED) is 0.783. The van der Waals surface area contributed by atoms with E-state index >= 15 is 0 Å². The lowest BCUT2D eigenvalue weighted by atomic mass is 10.2. The molecule has 0 unspecified atom stereocenters. The maximum Gasteiger partial charge on any atom is 0.137 e. The monoisotopic (exact) mass is 325 g/mol. The van der Waals surface area contributed by atoms with Gasteiger partial charge in [-0.15, -0.1) is 0 Å². The van der Waals surface area contributed by atoms with Gasteiger partial charge in [0, 0.05) is 18.8 Å². The molecule has 0 saturated heterocycles. The van der Waals surface area contributed by atoms with E-state index in [4.69, 9.17) is 0 Å². The highest BCUT2D eigenvalue weighted by molar-refractivity contribution is 9.10. The Morgan fingerprint density at radius 1 is 1.05 bits per heavy atom. The van der Waals surface area contributed by atoms with Crippen molar-refractivity contribution in [3.63, 3.8) is 0 Å². The SMILES string of the molecule is CCN(Cc1ccc(F)c(Br)c1)c1ccc(F)cc1. The van der Waals surface area contributed by atoms with Crippen LogP contribution in [0, 0.1) is 11.6 Å². The highest BCUT2D eigenvalue weighted by Gasteiger charge is 2.07. The molecule has 0 N–H and O–H groups in total. The van der Waals surface area contributed by atoms with Crippen molar-refractivity contribution in [2.75, 3.05) is 11.4 Å². The van der Waals surface area contributed by atoms with Crippen molar-refractivity contribution >= 4 is 21.6 Å². The molecule has 0 atom stereocenters. The summed E-state index contributed by atoms with van der Waals surface area (Å²) in [4.78, 5) is 2.10. The molecular formula is C15H14BrF2N. The number of nitrogens with zero attached hydrogens (tertiary/aromatic N) is 1. The van der Waals surface area contributed by atoms with Crippen molar-refractivity contribution < 1.29 is 8.78 Å². The maximum absolute atomic E-state index is 13.2. The molecule has 2 rings (SSSR count). The third-order valence-corrected chi connectivity index (χ3v) is 3.54. The number of rotatable bonds is 4. The topological polar surface area (TPSA) is 3.24 Å². The molecular weight excluding hydrogens is 312 g/mol. The molecule has 0 amide bonds. The normalized spacial score (nSPS) is 10.5. The van der Waals surface area contributed by atoms with E-state index < -0.39 is 0 Å². The summed E-state index contributed by atoms with van der Waals surface area (Å²) in [5.74, 6) is -0.516. The van der Waals surface area contributed by atoms with E-state index in [1.807, 2.05) is 6.92 Å². The molecule has 2 aromatic carbocycles. The van der Waals surface area contributed by atoms with E-state index in [2.05, 4.69) is 20.8 Å². The van der Waals surface area contributed by atoms with Crippen LogP contribution < -0.4 is 4.90 Å². The van der Waals surface area contributed by atoms with Crippen molar-refractivity contribution in [1.29, 1.82) is 0 Å². The first-order valence-electron chi connectivity index (χ1n) is 6.04. The molecule has 0 aliphatic carbocycles. The molecule has 2 aromatic rings. The minimum Gasteiger partial charge on any atom is -0.367 e. The van der Waals surface area contributed by atoms with E-state index in [9.17, 15) is 8.78 Å². The van der Waals surface area contributed by atoms with Crippen LogP contribution in [0.3, 0.4) is 0 Å². The van der Waals surface area contributed by atoms with Crippen molar-refractivity contribution in [3.8, 4) is 0 Å². The summed E-state index contributed by atoms with van der Waals surface area (Å²) in [6.07, 6.45) is 0. The zero-order valence-electron chi connectivity index (χ0n) is 10.5. The molecule has 1 nitrogen and oxygen atoms in total. The molecule has 0 aromatic heterocycles. The van der Waals surface area contributed by atoms with E-state index in [0.29, 0.717) is 11.0 Å². The van der Waals surface area contributed by atoms with Crippen LogP contribution in [0.1, 0.15) is 12.5 Å². The van der Waals surface area contributed by atoms with Crippen molar-refractivity contribution in [1.82, 2.24) is 0 Å². The Morgan fingerprint density at radius 2 is 1.74 bits per heavy atom. The Balaban J connectivity index is 2.18. The van der Waals surface area contributed by atoms with Crippen LogP contribution in [0.4, 0.5) is 14.5 Å². The average molecular weight is 326 g/mol. The van der Waals surface area contributed by atoms with Crippen LogP contribution in [0.2, 0.25) is 0 Å². The van der Waals surface area contributed by atoms with Gasteiger partial charge in [-0.05, 0) is 64.8 Å². The standard InChI is InChI=1S/C15H14BrF2N/c1-2-19(13-6-4-12(17)5-7-13)10-11-3-8-15(18)14(16)9-11/h3-9H,2,10H2,1H3. The van der Waals surface area contributed by atoms with Crippen LogP contribution >= 0.6 is 15.9 Å². The van der Waals surface area contributed by atoms with Gasteiger partial charge in [-0.25, -0.2) is 8.78 Å². The minimum absolute atomic E-state index is 0.246.